The molecule has 1 amide bonds. The van der Waals surface area contributed by atoms with Crippen LogP contribution in [0, 0.1) is 13.8 Å². The fourth-order valence-corrected chi connectivity index (χ4v) is 3.94. The fourth-order valence-electron chi connectivity index (χ4n) is 2.77. The summed E-state index contributed by atoms with van der Waals surface area (Å²) in [5, 5.41) is 2.81. The average molecular weight is 344 g/mol. The average Bonchev–Trinajstić information content (AvgIpc) is 2.70. The Labute approximate surface area is 142 Å². The molecule has 0 unspecified atom stereocenters. The summed E-state index contributed by atoms with van der Waals surface area (Å²) in [4.78, 5) is 11.8. The Morgan fingerprint density at radius 3 is 2.62 bits per heavy atom. The lowest BCUT2D eigenvalue weighted by atomic mass is 10.1. The zero-order valence-corrected chi connectivity index (χ0v) is 14.5. The van der Waals surface area contributed by atoms with Crippen molar-refractivity contribution in [3.8, 4) is 0 Å². The van der Waals surface area contributed by atoms with Crippen molar-refractivity contribution in [3.05, 3.63) is 53.1 Å². The van der Waals surface area contributed by atoms with Crippen molar-refractivity contribution in [2.24, 2.45) is 0 Å². The minimum absolute atomic E-state index is 0.0298. The Bertz CT molecular complexity index is 904. The van der Waals surface area contributed by atoms with E-state index in [4.69, 9.17) is 0 Å². The standard InChI is InChI=1S/C18H20N2O3S/c1-12-6-7-13(2)17(10-12)20-24(22,23)15-8-9-16-14(11-15)4-3-5-18(21)19-16/h6-11,20H,3-5H2,1-2H3,(H,19,21). The molecule has 1 heterocycles. The third-order valence-electron chi connectivity index (χ3n) is 4.15. The molecule has 0 aliphatic carbocycles. The van der Waals surface area contributed by atoms with E-state index in [0.29, 0.717) is 30.6 Å². The van der Waals surface area contributed by atoms with Gasteiger partial charge in [0.2, 0.25) is 5.91 Å². The molecule has 0 spiro atoms. The molecule has 24 heavy (non-hydrogen) atoms. The van der Waals surface area contributed by atoms with E-state index in [0.717, 1.165) is 16.7 Å². The summed E-state index contributed by atoms with van der Waals surface area (Å²) in [7, 11) is -3.67. The number of sulfonamides is 1. The van der Waals surface area contributed by atoms with E-state index in [9.17, 15) is 13.2 Å². The minimum atomic E-state index is -3.67. The predicted octanol–water partition coefficient (Wildman–Crippen LogP) is 3.38. The largest absolute Gasteiger partial charge is 0.326 e. The van der Waals surface area contributed by atoms with Crippen molar-refractivity contribution in [1.29, 1.82) is 0 Å². The Balaban J connectivity index is 1.94. The van der Waals surface area contributed by atoms with Gasteiger partial charge in [-0.25, -0.2) is 8.42 Å². The number of carbonyl (C=O) groups excluding carboxylic acids is 1. The summed E-state index contributed by atoms with van der Waals surface area (Å²) in [5.74, 6) is -0.0298. The number of fused-ring (bicyclic) bond motifs is 1. The Hall–Kier alpha value is -2.34. The molecule has 6 heteroatoms. The van der Waals surface area contributed by atoms with Gasteiger partial charge in [0.15, 0.2) is 0 Å². The number of benzene rings is 2. The van der Waals surface area contributed by atoms with Crippen LogP contribution in [0.3, 0.4) is 0 Å². The molecular formula is C18H20N2O3S. The summed E-state index contributed by atoms with van der Waals surface area (Å²) in [6.07, 6.45) is 1.85. The molecule has 0 aromatic heterocycles. The molecule has 0 fully saturated rings. The van der Waals surface area contributed by atoms with Crippen LogP contribution in [0.5, 0.6) is 0 Å². The molecule has 1 aliphatic rings. The molecule has 0 saturated carbocycles. The van der Waals surface area contributed by atoms with Gasteiger partial charge in [-0.05, 0) is 67.6 Å². The van der Waals surface area contributed by atoms with Gasteiger partial charge >= 0.3 is 0 Å². The second-order valence-corrected chi connectivity index (χ2v) is 7.83. The summed E-state index contributed by atoms with van der Waals surface area (Å²) in [6.45, 7) is 3.78. The highest BCUT2D eigenvalue weighted by Crippen LogP contribution is 2.27. The molecule has 126 valence electrons. The highest BCUT2D eigenvalue weighted by atomic mass is 32.2. The number of nitrogens with one attached hydrogen (secondary N) is 2. The van der Waals surface area contributed by atoms with Gasteiger partial charge in [0.05, 0.1) is 10.6 Å². The number of rotatable bonds is 3. The van der Waals surface area contributed by atoms with Crippen molar-refractivity contribution < 1.29 is 13.2 Å². The van der Waals surface area contributed by atoms with Crippen LogP contribution in [-0.4, -0.2) is 14.3 Å². The highest BCUT2D eigenvalue weighted by Gasteiger charge is 2.19. The van der Waals surface area contributed by atoms with E-state index in [-0.39, 0.29) is 10.8 Å². The van der Waals surface area contributed by atoms with Crippen LogP contribution in [0.25, 0.3) is 0 Å². The lowest BCUT2D eigenvalue weighted by molar-refractivity contribution is -0.116. The van der Waals surface area contributed by atoms with Gasteiger partial charge in [0.1, 0.15) is 0 Å². The third-order valence-corrected chi connectivity index (χ3v) is 5.51. The molecule has 2 N–H and O–H groups in total. The van der Waals surface area contributed by atoms with Gasteiger partial charge in [0, 0.05) is 12.1 Å². The topological polar surface area (TPSA) is 75.3 Å². The van der Waals surface area contributed by atoms with E-state index in [1.54, 1.807) is 12.1 Å². The second kappa shape index (κ2) is 6.28. The molecule has 0 atom stereocenters. The molecule has 3 rings (SSSR count). The number of carbonyl (C=O) groups is 1. The number of hydrogen-bond donors (Lipinski definition) is 2. The van der Waals surface area contributed by atoms with Crippen molar-refractivity contribution in [2.75, 3.05) is 10.0 Å². The second-order valence-electron chi connectivity index (χ2n) is 6.14. The van der Waals surface area contributed by atoms with Crippen LogP contribution in [0.4, 0.5) is 11.4 Å². The van der Waals surface area contributed by atoms with Crippen LogP contribution >= 0.6 is 0 Å². The fraction of sp³-hybridized carbons (Fsp3) is 0.278. The molecule has 0 radical (unpaired) electrons. The van der Waals surface area contributed by atoms with Gasteiger partial charge < -0.3 is 5.32 Å². The molecule has 2 aromatic carbocycles. The van der Waals surface area contributed by atoms with Gasteiger partial charge in [0.25, 0.3) is 10.0 Å². The van der Waals surface area contributed by atoms with Crippen LogP contribution in [-0.2, 0) is 21.2 Å². The Morgan fingerprint density at radius 2 is 1.83 bits per heavy atom. The lowest BCUT2D eigenvalue weighted by Gasteiger charge is -2.13. The van der Waals surface area contributed by atoms with Crippen LogP contribution in [0.2, 0.25) is 0 Å². The van der Waals surface area contributed by atoms with Crippen molar-refractivity contribution in [1.82, 2.24) is 0 Å². The summed E-state index contributed by atoms with van der Waals surface area (Å²) >= 11 is 0. The third kappa shape index (κ3) is 3.43. The van der Waals surface area contributed by atoms with Crippen LogP contribution in [0.1, 0.15) is 29.5 Å². The molecular weight excluding hydrogens is 324 g/mol. The Kier molecular flexibility index (Phi) is 4.32. The zero-order valence-electron chi connectivity index (χ0n) is 13.7. The first kappa shape index (κ1) is 16.5. The molecule has 0 saturated heterocycles. The van der Waals surface area contributed by atoms with E-state index in [1.165, 1.54) is 6.07 Å². The van der Waals surface area contributed by atoms with Gasteiger partial charge in [-0.2, -0.15) is 0 Å². The minimum Gasteiger partial charge on any atom is -0.326 e. The van der Waals surface area contributed by atoms with Crippen molar-refractivity contribution in [3.63, 3.8) is 0 Å². The SMILES string of the molecule is Cc1ccc(C)c(NS(=O)(=O)c2ccc3c(c2)CCCC(=O)N3)c1. The lowest BCUT2D eigenvalue weighted by Crippen LogP contribution is -2.15. The number of aryl methyl sites for hydroxylation is 3. The maximum atomic E-state index is 12.7. The normalized spacial score (nSPS) is 14.5. The maximum Gasteiger partial charge on any atom is 0.261 e. The Morgan fingerprint density at radius 1 is 1.04 bits per heavy atom. The number of anilines is 2. The smallest absolute Gasteiger partial charge is 0.261 e. The molecule has 5 nitrogen and oxygen atoms in total. The van der Waals surface area contributed by atoms with Gasteiger partial charge in [-0.3, -0.25) is 9.52 Å². The number of hydrogen-bond acceptors (Lipinski definition) is 3. The predicted molar refractivity (Wildman–Crippen MR) is 94.7 cm³/mol. The van der Waals surface area contributed by atoms with E-state index < -0.39 is 10.0 Å². The molecule has 2 aromatic rings. The van der Waals surface area contributed by atoms with Gasteiger partial charge in [-0.1, -0.05) is 12.1 Å². The number of amides is 1. The van der Waals surface area contributed by atoms with Crippen LogP contribution < -0.4 is 10.0 Å². The first-order valence-corrected chi connectivity index (χ1v) is 9.36. The first-order valence-electron chi connectivity index (χ1n) is 7.88. The molecule has 0 bridgehead atoms. The van der Waals surface area contributed by atoms with Gasteiger partial charge in [-0.15, -0.1) is 0 Å². The quantitative estimate of drug-likeness (QED) is 0.896. The molecule has 1 aliphatic heterocycles. The van der Waals surface area contributed by atoms with Crippen LogP contribution in [0.15, 0.2) is 41.3 Å². The van der Waals surface area contributed by atoms with Crippen molar-refractivity contribution in [2.45, 2.75) is 38.0 Å². The van der Waals surface area contributed by atoms with E-state index in [1.807, 2.05) is 32.0 Å². The maximum absolute atomic E-state index is 12.7. The monoisotopic (exact) mass is 344 g/mol. The van der Waals surface area contributed by atoms with E-state index in [2.05, 4.69) is 10.0 Å². The van der Waals surface area contributed by atoms with E-state index >= 15 is 0 Å². The zero-order chi connectivity index (χ0) is 17.3. The first-order chi connectivity index (χ1) is 11.3. The summed E-state index contributed by atoms with van der Waals surface area (Å²) < 4.78 is 28.1. The summed E-state index contributed by atoms with van der Waals surface area (Å²) in [5.41, 5.74) is 3.99. The highest BCUT2D eigenvalue weighted by molar-refractivity contribution is 7.92. The summed E-state index contributed by atoms with van der Waals surface area (Å²) in [6, 6.07) is 10.5. The van der Waals surface area contributed by atoms with Crippen molar-refractivity contribution >= 4 is 27.3 Å².